The van der Waals surface area contributed by atoms with Crippen LogP contribution in [0, 0.1) is 0 Å². The summed E-state index contributed by atoms with van der Waals surface area (Å²) in [4.78, 5) is 12.8. The zero-order valence-corrected chi connectivity index (χ0v) is 27.1. The summed E-state index contributed by atoms with van der Waals surface area (Å²) < 4.78 is 2.43. The summed E-state index contributed by atoms with van der Waals surface area (Å²) >= 11 is 0. The molecule has 7 aromatic carbocycles. The molecule has 0 bridgehead atoms. The SMILES string of the molecule is c1ccc(-c2nc(-c3ccc4c(c3)c3c(n4-c4ccccc4)-c4ccccc4N(c4ccccc4)c4ccccc4-3)nc3ccccc23)cc1. The number of nitrogens with zero attached hydrogens (tertiary/aromatic N) is 4. The molecule has 50 heavy (non-hydrogen) atoms. The first-order valence-electron chi connectivity index (χ1n) is 16.9. The Morgan fingerprint density at radius 1 is 0.420 bits per heavy atom. The standard InChI is InChI=1S/C46H30N4/c1-4-16-31(17-5-1)44-35-22-10-13-25-39(35)47-46(48-44)32-28-29-42-38(30-32)43-36-23-11-14-26-40(36)49(33-18-6-2-7-19-33)41-27-15-12-24-37(41)45(43)50(42)34-20-8-3-9-21-34/h1-30H. The van der Waals surface area contributed by atoms with Gasteiger partial charge < -0.3 is 9.47 Å². The number of rotatable bonds is 4. The van der Waals surface area contributed by atoms with E-state index in [1.165, 1.54) is 11.1 Å². The van der Waals surface area contributed by atoms with E-state index in [1.54, 1.807) is 0 Å². The highest BCUT2D eigenvalue weighted by atomic mass is 15.2. The molecule has 3 heterocycles. The van der Waals surface area contributed by atoms with Crippen molar-refractivity contribution in [2.24, 2.45) is 0 Å². The van der Waals surface area contributed by atoms with Gasteiger partial charge >= 0.3 is 0 Å². The third kappa shape index (κ3) is 4.39. The molecule has 0 aliphatic carbocycles. The van der Waals surface area contributed by atoms with E-state index in [2.05, 4.69) is 179 Å². The van der Waals surface area contributed by atoms with Crippen molar-refractivity contribution in [2.75, 3.05) is 4.90 Å². The molecule has 0 amide bonds. The van der Waals surface area contributed by atoms with Crippen LogP contribution in [0.2, 0.25) is 0 Å². The Hall–Kier alpha value is -6.78. The minimum Gasteiger partial charge on any atom is -0.309 e. The Bertz CT molecular complexity index is 2700. The first kappa shape index (κ1) is 28.3. The number of hydrogen-bond acceptors (Lipinski definition) is 3. The summed E-state index contributed by atoms with van der Waals surface area (Å²) in [6.45, 7) is 0. The van der Waals surface area contributed by atoms with Crippen LogP contribution in [0.4, 0.5) is 17.1 Å². The van der Waals surface area contributed by atoms with Gasteiger partial charge in [0.1, 0.15) is 0 Å². The fourth-order valence-corrected chi connectivity index (χ4v) is 7.56. The van der Waals surface area contributed by atoms with Crippen LogP contribution < -0.4 is 4.90 Å². The highest BCUT2D eigenvalue weighted by Crippen LogP contribution is 2.54. The van der Waals surface area contributed by atoms with Crippen LogP contribution in [0.5, 0.6) is 0 Å². The number of para-hydroxylation sites is 5. The van der Waals surface area contributed by atoms with Gasteiger partial charge in [0.2, 0.25) is 0 Å². The van der Waals surface area contributed by atoms with Crippen LogP contribution in [0.15, 0.2) is 182 Å². The molecule has 4 nitrogen and oxygen atoms in total. The number of hydrogen-bond donors (Lipinski definition) is 0. The second kappa shape index (κ2) is 11.4. The fourth-order valence-electron chi connectivity index (χ4n) is 7.56. The molecule has 0 atom stereocenters. The van der Waals surface area contributed by atoms with E-state index >= 15 is 0 Å². The van der Waals surface area contributed by atoms with Crippen LogP contribution >= 0.6 is 0 Å². The molecule has 9 aromatic rings. The van der Waals surface area contributed by atoms with Gasteiger partial charge in [-0.25, -0.2) is 9.97 Å². The maximum Gasteiger partial charge on any atom is 0.160 e. The van der Waals surface area contributed by atoms with Crippen LogP contribution in [0.1, 0.15) is 0 Å². The van der Waals surface area contributed by atoms with Gasteiger partial charge in [0.15, 0.2) is 5.82 Å². The van der Waals surface area contributed by atoms with Crippen LogP contribution in [0.25, 0.3) is 72.5 Å². The lowest BCUT2D eigenvalue weighted by Gasteiger charge is -2.27. The van der Waals surface area contributed by atoms with Crippen LogP contribution in [-0.2, 0) is 0 Å². The van der Waals surface area contributed by atoms with E-state index in [0.717, 1.165) is 72.6 Å². The van der Waals surface area contributed by atoms with Crippen molar-refractivity contribution < 1.29 is 0 Å². The van der Waals surface area contributed by atoms with E-state index in [0.29, 0.717) is 5.82 Å². The van der Waals surface area contributed by atoms with Gasteiger partial charge in [-0.3, -0.25) is 0 Å². The summed E-state index contributed by atoms with van der Waals surface area (Å²) in [6.07, 6.45) is 0. The molecular formula is C46H30N4. The molecule has 1 aliphatic rings. The monoisotopic (exact) mass is 638 g/mol. The Morgan fingerprint density at radius 3 is 1.78 bits per heavy atom. The predicted molar refractivity (Wildman–Crippen MR) is 206 cm³/mol. The molecule has 0 radical (unpaired) electrons. The lowest BCUT2D eigenvalue weighted by atomic mass is 9.97. The molecule has 0 spiro atoms. The Kier molecular flexibility index (Phi) is 6.46. The molecule has 0 unspecified atom stereocenters. The van der Waals surface area contributed by atoms with Crippen molar-refractivity contribution in [3.8, 4) is 50.7 Å². The molecular weight excluding hydrogens is 609 g/mol. The van der Waals surface area contributed by atoms with Gasteiger partial charge in [-0.2, -0.15) is 0 Å². The van der Waals surface area contributed by atoms with E-state index in [-0.39, 0.29) is 0 Å². The third-order valence-electron chi connectivity index (χ3n) is 9.72. The lowest BCUT2D eigenvalue weighted by Crippen LogP contribution is -2.11. The number of aromatic nitrogens is 3. The number of benzene rings is 7. The van der Waals surface area contributed by atoms with Crippen molar-refractivity contribution in [3.05, 3.63) is 182 Å². The molecule has 10 rings (SSSR count). The largest absolute Gasteiger partial charge is 0.309 e. The van der Waals surface area contributed by atoms with Crippen molar-refractivity contribution in [2.45, 2.75) is 0 Å². The summed E-state index contributed by atoms with van der Waals surface area (Å²) in [5.74, 6) is 0.707. The zero-order valence-electron chi connectivity index (χ0n) is 27.1. The van der Waals surface area contributed by atoms with Gasteiger partial charge in [0.25, 0.3) is 0 Å². The number of anilines is 3. The Morgan fingerprint density at radius 2 is 1.02 bits per heavy atom. The Balaban J connectivity index is 1.31. The van der Waals surface area contributed by atoms with Gasteiger partial charge in [-0.1, -0.05) is 121 Å². The van der Waals surface area contributed by atoms with Crippen molar-refractivity contribution in [3.63, 3.8) is 0 Å². The van der Waals surface area contributed by atoms with Gasteiger partial charge in [0, 0.05) is 50.0 Å². The smallest absolute Gasteiger partial charge is 0.160 e. The van der Waals surface area contributed by atoms with E-state index in [4.69, 9.17) is 9.97 Å². The van der Waals surface area contributed by atoms with Gasteiger partial charge in [-0.05, 0) is 60.7 Å². The highest BCUT2D eigenvalue weighted by Gasteiger charge is 2.31. The van der Waals surface area contributed by atoms with E-state index in [1.807, 2.05) is 12.1 Å². The Labute approximate surface area is 290 Å². The van der Waals surface area contributed by atoms with Crippen molar-refractivity contribution in [1.29, 1.82) is 0 Å². The second-order valence-corrected chi connectivity index (χ2v) is 12.6. The molecule has 0 saturated heterocycles. The minimum absolute atomic E-state index is 0.707. The normalized spacial score (nSPS) is 12.0. The molecule has 0 fully saturated rings. The average Bonchev–Trinajstić information content (AvgIpc) is 3.47. The van der Waals surface area contributed by atoms with Crippen LogP contribution in [-0.4, -0.2) is 14.5 Å². The average molecular weight is 639 g/mol. The summed E-state index contributed by atoms with van der Waals surface area (Å²) in [7, 11) is 0. The van der Waals surface area contributed by atoms with Gasteiger partial charge in [0.05, 0.1) is 33.8 Å². The van der Waals surface area contributed by atoms with E-state index in [9.17, 15) is 0 Å². The summed E-state index contributed by atoms with van der Waals surface area (Å²) in [5, 5.41) is 2.19. The summed E-state index contributed by atoms with van der Waals surface area (Å²) in [6, 6.07) is 64.3. The quantitative estimate of drug-likeness (QED) is 0.192. The second-order valence-electron chi connectivity index (χ2n) is 12.6. The van der Waals surface area contributed by atoms with Gasteiger partial charge in [-0.15, -0.1) is 0 Å². The third-order valence-corrected chi connectivity index (χ3v) is 9.72. The lowest BCUT2D eigenvalue weighted by molar-refractivity contribution is 1.13. The fraction of sp³-hybridized carbons (Fsp3) is 0. The first-order valence-corrected chi connectivity index (χ1v) is 16.9. The zero-order chi connectivity index (χ0) is 33.0. The molecule has 2 aromatic heterocycles. The molecule has 4 heteroatoms. The molecule has 1 aliphatic heterocycles. The summed E-state index contributed by atoms with van der Waals surface area (Å²) in [5.41, 5.74) is 14.2. The highest BCUT2D eigenvalue weighted by molar-refractivity contribution is 6.13. The first-order chi connectivity index (χ1) is 24.8. The molecule has 234 valence electrons. The molecule has 0 saturated carbocycles. The topological polar surface area (TPSA) is 34.0 Å². The maximum absolute atomic E-state index is 5.25. The predicted octanol–water partition coefficient (Wildman–Crippen LogP) is 12.0. The maximum atomic E-state index is 5.25. The number of fused-ring (bicyclic) bond motifs is 8. The molecule has 0 N–H and O–H groups in total. The van der Waals surface area contributed by atoms with Crippen LogP contribution in [0.3, 0.4) is 0 Å². The van der Waals surface area contributed by atoms with Crippen molar-refractivity contribution >= 4 is 38.9 Å². The van der Waals surface area contributed by atoms with E-state index < -0.39 is 0 Å². The van der Waals surface area contributed by atoms with Crippen molar-refractivity contribution in [1.82, 2.24) is 14.5 Å². The minimum atomic E-state index is 0.707.